The molecule has 0 aromatic heterocycles. The predicted molar refractivity (Wildman–Crippen MR) is 159 cm³/mol. The fraction of sp³-hybridized carbons (Fsp3) is 0.375. The molecule has 1 saturated carbocycles. The van der Waals surface area contributed by atoms with Crippen LogP contribution in [-0.4, -0.2) is 50.0 Å². The third-order valence-corrected chi connectivity index (χ3v) is 8.61. The van der Waals surface area contributed by atoms with Gasteiger partial charge in [-0.3, -0.25) is 13.9 Å². The van der Waals surface area contributed by atoms with Crippen LogP contribution in [0.1, 0.15) is 48.8 Å². The highest BCUT2D eigenvalue weighted by atomic mass is 32.2. The minimum atomic E-state index is -3.78. The summed E-state index contributed by atoms with van der Waals surface area (Å²) in [6.07, 6.45) is 6.57. The zero-order valence-electron chi connectivity index (χ0n) is 23.3. The number of para-hydroxylation sites is 1. The maximum absolute atomic E-state index is 14.2. The summed E-state index contributed by atoms with van der Waals surface area (Å²) >= 11 is 0. The van der Waals surface area contributed by atoms with Crippen molar-refractivity contribution in [3.05, 3.63) is 102 Å². The van der Waals surface area contributed by atoms with E-state index in [1.165, 1.54) is 6.42 Å². The molecule has 4 rings (SSSR count). The lowest BCUT2D eigenvalue weighted by molar-refractivity contribution is -0.140. The molecular formula is C32H39N3O4S. The second-order valence-electron chi connectivity index (χ2n) is 10.6. The molecule has 3 aromatic rings. The molecule has 8 heteroatoms. The van der Waals surface area contributed by atoms with Crippen molar-refractivity contribution in [1.29, 1.82) is 0 Å². The number of benzene rings is 3. The Balaban J connectivity index is 1.71. The number of nitrogens with zero attached hydrogens (tertiary/aromatic N) is 2. The molecular weight excluding hydrogens is 522 g/mol. The van der Waals surface area contributed by atoms with Gasteiger partial charge in [0.25, 0.3) is 0 Å². The fourth-order valence-corrected chi connectivity index (χ4v) is 6.22. The molecule has 0 saturated heterocycles. The summed E-state index contributed by atoms with van der Waals surface area (Å²) < 4.78 is 27.0. The fourth-order valence-electron chi connectivity index (χ4n) is 5.32. The van der Waals surface area contributed by atoms with Gasteiger partial charge >= 0.3 is 0 Å². The van der Waals surface area contributed by atoms with Gasteiger partial charge in [-0.05, 0) is 42.5 Å². The minimum Gasteiger partial charge on any atom is -0.352 e. The Labute approximate surface area is 238 Å². The van der Waals surface area contributed by atoms with Crippen molar-refractivity contribution in [3.8, 4) is 0 Å². The van der Waals surface area contributed by atoms with Crippen LogP contribution in [0.15, 0.2) is 84.9 Å². The van der Waals surface area contributed by atoms with Gasteiger partial charge in [-0.2, -0.15) is 0 Å². The quantitative estimate of drug-likeness (QED) is 0.363. The molecule has 1 N–H and O–H groups in total. The van der Waals surface area contributed by atoms with Crippen LogP contribution in [0.4, 0.5) is 5.69 Å². The van der Waals surface area contributed by atoms with Gasteiger partial charge < -0.3 is 10.2 Å². The molecule has 1 unspecified atom stereocenters. The molecule has 0 bridgehead atoms. The number of carbonyl (C=O) groups excluding carboxylic acids is 2. The van der Waals surface area contributed by atoms with Crippen LogP contribution in [0.25, 0.3) is 0 Å². The number of hydrogen-bond donors (Lipinski definition) is 1. The first-order chi connectivity index (χ1) is 19.2. The van der Waals surface area contributed by atoms with Crippen molar-refractivity contribution in [2.45, 2.75) is 64.1 Å². The number of hydrogen-bond acceptors (Lipinski definition) is 4. The van der Waals surface area contributed by atoms with Gasteiger partial charge in [0, 0.05) is 19.0 Å². The van der Waals surface area contributed by atoms with Gasteiger partial charge in [0.15, 0.2) is 0 Å². The largest absolute Gasteiger partial charge is 0.352 e. The van der Waals surface area contributed by atoms with Crippen LogP contribution in [0.5, 0.6) is 0 Å². The summed E-state index contributed by atoms with van der Waals surface area (Å²) in [5.41, 5.74) is 2.98. The van der Waals surface area contributed by atoms with Crippen LogP contribution in [-0.2, 0) is 32.6 Å². The predicted octanol–water partition coefficient (Wildman–Crippen LogP) is 4.85. The summed E-state index contributed by atoms with van der Waals surface area (Å²) in [7, 11) is -3.78. The summed E-state index contributed by atoms with van der Waals surface area (Å²) in [5.74, 6) is -0.640. The molecule has 3 aromatic carbocycles. The second-order valence-corrected chi connectivity index (χ2v) is 12.5. The number of rotatable bonds is 11. The van der Waals surface area contributed by atoms with E-state index in [-0.39, 0.29) is 18.5 Å². The van der Waals surface area contributed by atoms with Crippen LogP contribution in [0, 0.1) is 6.92 Å². The van der Waals surface area contributed by atoms with Gasteiger partial charge in [-0.15, -0.1) is 0 Å². The molecule has 0 heterocycles. The molecule has 1 aliphatic carbocycles. The molecule has 7 nitrogen and oxygen atoms in total. The summed E-state index contributed by atoms with van der Waals surface area (Å²) in [5, 5.41) is 3.22. The van der Waals surface area contributed by atoms with E-state index in [4.69, 9.17) is 0 Å². The summed E-state index contributed by atoms with van der Waals surface area (Å²) in [6, 6.07) is 25.5. The highest BCUT2D eigenvalue weighted by Crippen LogP contribution is 2.24. The zero-order valence-corrected chi connectivity index (χ0v) is 24.1. The van der Waals surface area contributed by atoms with E-state index in [9.17, 15) is 18.0 Å². The summed E-state index contributed by atoms with van der Waals surface area (Å²) in [4.78, 5) is 29.6. The Morgan fingerprint density at radius 1 is 0.850 bits per heavy atom. The number of anilines is 1. The third kappa shape index (κ3) is 7.94. The number of carbonyl (C=O) groups is 2. The van der Waals surface area contributed by atoms with Crippen LogP contribution in [0.3, 0.4) is 0 Å². The van der Waals surface area contributed by atoms with Crippen LogP contribution in [0.2, 0.25) is 0 Å². The van der Waals surface area contributed by atoms with Crippen molar-refractivity contribution >= 4 is 27.5 Å². The van der Waals surface area contributed by atoms with E-state index in [1.807, 2.05) is 79.7 Å². The van der Waals surface area contributed by atoms with Gasteiger partial charge in [-0.1, -0.05) is 98.1 Å². The highest BCUT2D eigenvalue weighted by molar-refractivity contribution is 7.92. The van der Waals surface area contributed by atoms with Crippen molar-refractivity contribution in [2.24, 2.45) is 0 Å². The Morgan fingerprint density at radius 3 is 2.02 bits per heavy atom. The van der Waals surface area contributed by atoms with Gasteiger partial charge in [0.1, 0.15) is 12.6 Å². The van der Waals surface area contributed by atoms with Crippen molar-refractivity contribution < 1.29 is 18.0 Å². The smallest absolute Gasteiger partial charge is 0.244 e. The van der Waals surface area contributed by atoms with E-state index in [0.29, 0.717) is 12.1 Å². The summed E-state index contributed by atoms with van der Waals surface area (Å²) in [6.45, 7) is 1.59. The Kier molecular flexibility index (Phi) is 9.98. The Bertz CT molecular complexity index is 1370. The average Bonchev–Trinajstić information content (AvgIpc) is 2.95. The van der Waals surface area contributed by atoms with Crippen LogP contribution < -0.4 is 9.62 Å². The van der Waals surface area contributed by atoms with Gasteiger partial charge in [0.05, 0.1) is 11.9 Å². The van der Waals surface area contributed by atoms with Gasteiger partial charge in [0.2, 0.25) is 21.8 Å². The first kappa shape index (κ1) is 29.3. The first-order valence-electron chi connectivity index (χ1n) is 13.9. The minimum absolute atomic E-state index is 0.0766. The molecule has 0 radical (unpaired) electrons. The molecule has 1 fully saturated rings. The van der Waals surface area contributed by atoms with E-state index < -0.39 is 28.5 Å². The second kappa shape index (κ2) is 13.6. The lowest BCUT2D eigenvalue weighted by Gasteiger charge is -2.35. The van der Waals surface area contributed by atoms with Crippen molar-refractivity contribution in [3.63, 3.8) is 0 Å². The highest BCUT2D eigenvalue weighted by Gasteiger charge is 2.34. The molecule has 1 aliphatic rings. The number of sulfonamides is 1. The third-order valence-electron chi connectivity index (χ3n) is 7.48. The van der Waals surface area contributed by atoms with Crippen molar-refractivity contribution in [2.75, 3.05) is 17.1 Å². The van der Waals surface area contributed by atoms with E-state index in [0.717, 1.165) is 52.9 Å². The Morgan fingerprint density at radius 2 is 1.43 bits per heavy atom. The van der Waals surface area contributed by atoms with E-state index in [2.05, 4.69) is 5.32 Å². The van der Waals surface area contributed by atoms with Gasteiger partial charge in [-0.25, -0.2) is 8.42 Å². The first-order valence-corrected chi connectivity index (χ1v) is 15.8. The zero-order chi connectivity index (χ0) is 28.5. The number of nitrogens with one attached hydrogen (secondary N) is 1. The number of amides is 2. The van der Waals surface area contributed by atoms with Crippen LogP contribution >= 0.6 is 0 Å². The lowest BCUT2D eigenvalue weighted by atomic mass is 9.94. The maximum atomic E-state index is 14.2. The average molecular weight is 562 g/mol. The maximum Gasteiger partial charge on any atom is 0.244 e. The van der Waals surface area contributed by atoms with Crippen molar-refractivity contribution in [1.82, 2.24) is 10.2 Å². The molecule has 0 aliphatic heterocycles. The Hall–Kier alpha value is -3.65. The topological polar surface area (TPSA) is 86.8 Å². The molecule has 0 spiro atoms. The van der Waals surface area contributed by atoms with E-state index >= 15 is 0 Å². The standard InChI is InChI=1S/C32H39N3O4S/c1-25-14-12-13-21-29(25)35(40(2,38)39)24-31(36)34(23-27-17-8-4-9-18-27)30(22-26-15-6-3-7-16-26)32(37)33-28-19-10-5-11-20-28/h3-4,6-9,12-18,21,28,30H,5,10-11,19-20,22-24H2,1-2H3,(H,33,37). The lowest BCUT2D eigenvalue weighted by Crippen LogP contribution is -2.55. The molecule has 2 amide bonds. The number of aryl methyl sites for hydroxylation is 1. The normalized spacial score (nSPS) is 14.8. The molecule has 40 heavy (non-hydrogen) atoms. The van der Waals surface area contributed by atoms with E-state index in [1.54, 1.807) is 17.0 Å². The SMILES string of the molecule is Cc1ccccc1N(CC(=O)N(Cc1ccccc1)C(Cc1ccccc1)C(=O)NC1CCCCC1)S(C)(=O)=O. The molecule has 1 atom stereocenters. The monoisotopic (exact) mass is 561 g/mol. The molecule has 212 valence electrons.